The minimum absolute atomic E-state index is 0.0431. The molecule has 0 fully saturated rings. The van der Waals surface area contributed by atoms with Crippen molar-refractivity contribution in [3.63, 3.8) is 0 Å². The Labute approximate surface area is 167 Å². The minimum Gasteiger partial charge on any atom is -0.494 e. The molecule has 2 aromatic rings. The molecule has 8 heteroatoms. The Hall–Kier alpha value is -2.61. The van der Waals surface area contributed by atoms with Crippen molar-refractivity contribution < 1.29 is 22.7 Å². The lowest BCUT2D eigenvalue weighted by atomic mass is 10.1. The molecule has 0 aliphatic rings. The van der Waals surface area contributed by atoms with Crippen LogP contribution in [0.3, 0.4) is 0 Å². The fourth-order valence-electron chi connectivity index (χ4n) is 2.32. The number of ether oxygens (including phenoxy) is 1. The van der Waals surface area contributed by atoms with Crippen LogP contribution in [0.5, 0.6) is 5.75 Å². The third kappa shape index (κ3) is 6.84. The number of nitrogens with one attached hydrogen (secondary N) is 2. The molecule has 0 spiro atoms. The lowest BCUT2D eigenvalue weighted by Crippen LogP contribution is -2.34. The van der Waals surface area contributed by atoms with Crippen molar-refractivity contribution in [2.24, 2.45) is 0 Å². The summed E-state index contributed by atoms with van der Waals surface area (Å²) in [7, 11) is 0. The zero-order chi connectivity index (χ0) is 20.6. The molecule has 0 bridgehead atoms. The number of anilines is 1. The number of hydrogen-bond donors (Lipinski definition) is 2. The number of carbonyl (C=O) groups excluding carboxylic acids is 1. The molecule has 150 valence electrons. The molecule has 0 radical (unpaired) electrons. The molecule has 0 saturated heterocycles. The fourth-order valence-corrected chi connectivity index (χ4v) is 2.54. The van der Waals surface area contributed by atoms with Gasteiger partial charge in [-0.05, 0) is 67.2 Å². The molecule has 0 aliphatic heterocycles. The van der Waals surface area contributed by atoms with Crippen molar-refractivity contribution in [2.45, 2.75) is 32.4 Å². The van der Waals surface area contributed by atoms with E-state index < -0.39 is 17.6 Å². The number of benzene rings is 2. The Balaban J connectivity index is 1.85. The molecule has 0 heterocycles. The highest BCUT2D eigenvalue weighted by Gasteiger charge is 2.30. The maximum Gasteiger partial charge on any atom is 0.416 e. The van der Waals surface area contributed by atoms with Gasteiger partial charge in [0.15, 0.2) is 5.11 Å². The predicted octanol–water partition coefficient (Wildman–Crippen LogP) is 5.40. The fraction of sp³-hybridized carbons (Fsp3) is 0.300. The van der Waals surface area contributed by atoms with Crippen LogP contribution in [0.15, 0.2) is 48.5 Å². The summed E-state index contributed by atoms with van der Waals surface area (Å²) < 4.78 is 43.3. The van der Waals surface area contributed by atoms with E-state index in [-0.39, 0.29) is 10.7 Å². The van der Waals surface area contributed by atoms with Gasteiger partial charge in [0.05, 0.1) is 12.2 Å². The van der Waals surface area contributed by atoms with Crippen LogP contribution >= 0.6 is 12.2 Å². The number of amides is 1. The molecule has 2 rings (SSSR count). The summed E-state index contributed by atoms with van der Waals surface area (Å²) in [6.07, 6.45) is -1.21. The zero-order valence-electron chi connectivity index (χ0n) is 15.3. The first kappa shape index (κ1) is 21.7. The summed E-state index contributed by atoms with van der Waals surface area (Å²) in [5.41, 5.74) is -0.0895. The Morgan fingerprint density at radius 2 is 1.68 bits per heavy atom. The monoisotopic (exact) mass is 410 g/mol. The molecule has 4 nitrogen and oxygen atoms in total. The number of carbonyl (C=O) groups is 1. The topological polar surface area (TPSA) is 50.4 Å². The summed E-state index contributed by atoms with van der Waals surface area (Å²) in [6.45, 7) is 2.78. The maximum absolute atomic E-state index is 12.6. The smallest absolute Gasteiger partial charge is 0.416 e. The summed E-state index contributed by atoms with van der Waals surface area (Å²) in [5.74, 6) is 0.142. The van der Waals surface area contributed by atoms with Crippen molar-refractivity contribution in [1.82, 2.24) is 5.32 Å². The zero-order valence-corrected chi connectivity index (χ0v) is 16.1. The van der Waals surface area contributed by atoms with E-state index in [1.807, 2.05) is 0 Å². The first-order valence-electron chi connectivity index (χ1n) is 8.82. The van der Waals surface area contributed by atoms with Gasteiger partial charge >= 0.3 is 6.18 Å². The van der Waals surface area contributed by atoms with Crippen LogP contribution < -0.4 is 15.4 Å². The minimum atomic E-state index is -4.45. The largest absolute Gasteiger partial charge is 0.494 e. The van der Waals surface area contributed by atoms with Gasteiger partial charge in [0.1, 0.15) is 5.75 Å². The van der Waals surface area contributed by atoms with Crippen LogP contribution in [0.4, 0.5) is 18.9 Å². The van der Waals surface area contributed by atoms with Crippen molar-refractivity contribution >= 4 is 28.9 Å². The molecular weight excluding hydrogens is 389 g/mol. The number of thiocarbonyl (C=S) groups is 1. The Morgan fingerprint density at radius 3 is 2.25 bits per heavy atom. The van der Waals surface area contributed by atoms with E-state index >= 15 is 0 Å². The molecule has 1 amide bonds. The van der Waals surface area contributed by atoms with Gasteiger partial charge in [-0.2, -0.15) is 13.2 Å². The highest BCUT2D eigenvalue weighted by Crippen LogP contribution is 2.29. The first-order valence-corrected chi connectivity index (χ1v) is 9.23. The molecule has 0 aliphatic carbocycles. The third-order valence-electron chi connectivity index (χ3n) is 3.83. The molecule has 0 saturated carbocycles. The van der Waals surface area contributed by atoms with Crippen LogP contribution in [-0.2, 0) is 6.18 Å². The van der Waals surface area contributed by atoms with E-state index in [9.17, 15) is 18.0 Å². The van der Waals surface area contributed by atoms with Crippen LogP contribution in [0.2, 0.25) is 0 Å². The van der Waals surface area contributed by atoms with Crippen LogP contribution in [0.25, 0.3) is 0 Å². The molecule has 0 unspecified atom stereocenters. The highest BCUT2D eigenvalue weighted by molar-refractivity contribution is 7.80. The van der Waals surface area contributed by atoms with Crippen LogP contribution in [0.1, 0.15) is 42.1 Å². The lowest BCUT2D eigenvalue weighted by molar-refractivity contribution is -0.137. The van der Waals surface area contributed by atoms with E-state index in [0.717, 1.165) is 49.3 Å². The second-order valence-corrected chi connectivity index (χ2v) is 6.47. The Kier molecular flexibility index (Phi) is 7.80. The molecule has 2 aromatic carbocycles. The summed E-state index contributed by atoms with van der Waals surface area (Å²) >= 11 is 5.07. The molecule has 28 heavy (non-hydrogen) atoms. The molecule has 0 aromatic heterocycles. The van der Waals surface area contributed by atoms with Crippen molar-refractivity contribution in [1.29, 1.82) is 0 Å². The number of alkyl halides is 3. The Morgan fingerprint density at radius 1 is 1.04 bits per heavy atom. The third-order valence-corrected chi connectivity index (χ3v) is 4.03. The van der Waals surface area contributed by atoms with Crippen molar-refractivity contribution in [3.05, 3.63) is 59.7 Å². The van der Waals surface area contributed by atoms with E-state index in [4.69, 9.17) is 17.0 Å². The predicted molar refractivity (Wildman–Crippen MR) is 107 cm³/mol. The van der Waals surface area contributed by atoms with Crippen molar-refractivity contribution in [3.8, 4) is 5.75 Å². The van der Waals surface area contributed by atoms with Gasteiger partial charge in [0.2, 0.25) is 0 Å². The number of halogens is 3. The van der Waals surface area contributed by atoms with Gasteiger partial charge in [0.25, 0.3) is 5.91 Å². The first-order chi connectivity index (χ1) is 13.3. The van der Waals surface area contributed by atoms with Crippen molar-refractivity contribution in [2.75, 3.05) is 11.9 Å². The van der Waals surface area contributed by atoms with Gasteiger partial charge in [-0.1, -0.05) is 19.8 Å². The standard InChI is InChI=1S/C20H21F3N2O2S/c1-2-3-4-13-27-17-11-9-16(10-12-17)24-19(28)25-18(26)14-5-7-15(8-6-14)20(21,22)23/h5-12H,2-4,13H2,1H3,(H2,24,25,26,28). The number of hydrogen-bond acceptors (Lipinski definition) is 3. The number of rotatable bonds is 7. The average Bonchev–Trinajstić information content (AvgIpc) is 2.66. The van der Waals surface area contributed by atoms with Gasteiger partial charge in [0, 0.05) is 11.3 Å². The maximum atomic E-state index is 12.6. The van der Waals surface area contributed by atoms with E-state index in [0.29, 0.717) is 12.3 Å². The van der Waals surface area contributed by atoms with Gasteiger partial charge in [-0.25, -0.2) is 0 Å². The summed E-state index contributed by atoms with van der Waals surface area (Å²) in [4.78, 5) is 12.1. The van der Waals surface area contributed by atoms with Gasteiger partial charge < -0.3 is 10.1 Å². The second-order valence-electron chi connectivity index (χ2n) is 6.06. The van der Waals surface area contributed by atoms with Crippen LogP contribution in [0, 0.1) is 0 Å². The second kappa shape index (κ2) is 10.1. The Bertz CT molecular complexity index is 791. The lowest BCUT2D eigenvalue weighted by Gasteiger charge is -2.11. The molecular formula is C20H21F3N2O2S. The van der Waals surface area contributed by atoms with E-state index in [1.54, 1.807) is 24.3 Å². The summed E-state index contributed by atoms with van der Waals surface area (Å²) in [6, 6.07) is 11.0. The average molecular weight is 410 g/mol. The number of unbranched alkanes of at least 4 members (excludes halogenated alkanes) is 2. The summed E-state index contributed by atoms with van der Waals surface area (Å²) in [5, 5.41) is 5.32. The van der Waals surface area contributed by atoms with Gasteiger partial charge in [-0.15, -0.1) is 0 Å². The molecule has 0 atom stereocenters. The van der Waals surface area contributed by atoms with Gasteiger partial charge in [-0.3, -0.25) is 10.1 Å². The highest BCUT2D eigenvalue weighted by atomic mass is 32.1. The van der Waals surface area contributed by atoms with E-state index in [1.165, 1.54) is 0 Å². The molecule has 2 N–H and O–H groups in total. The van der Waals surface area contributed by atoms with Crippen LogP contribution in [-0.4, -0.2) is 17.6 Å². The SMILES string of the molecule is CCCCCOc1ccc(NC(=S)NC(=O)c2ccc(C(F)(F)F)cc2)cc1. The quantitative estimate of drug-likeness (QED) is 0.474. The van der Waals surface area contributed by atoms with E-state index in [2.05, 4.69) is 17.6 Å². The normalized spacial score (nSPS) is 11.0.